The molecule has 0 aliphatic heterocycles. The molecule has 0 unspecified atom stereocenters. The van der Waals surface area contributed by atoms with Gasteiger partial charge in [0.1, 0.15) is 30.2 Å². The molecule has 1 aromatic heterocycles. The van der Waals surface area contributed by atoms with Gasteiger partial charge in [-0.2, -0.15) is 0 Å². The predicted octanol–water partition coefficient (Wildman–Crippen LogP) is -4.75. The number of guanidine groups is 1. The molecule has 0 saturated heterocycles. The van der Waals surface area contributed by atoms with Crippen LogP contribution in [-0.2, 0) is 51.2 Å². The summed E-state index contributed by atoms with van der Waals surface area (Å²) in [6.45, 7) is 3.72. The van der Waals surface area contributed by atoms with E-state index in [4.69, 9.17) is 22.9 Å². The number of rotatable bonds is 28. The number of aliphatic carboxylic acids is 1. The highest BCUT2D eigenvalue weighted by molar-refractivity contribution is 5.97. The maximum atomic E-state index is 13.9. The number of hydrogen-bond donors (Lipinski definition) is 14. The first-order chi connectivity index (χ1) is 29.8. The Labute approximate surface area is 363 Å². The Morgan fingerprint density at radius 1 is 0.746 bits per heavy atom. The van der Waals surface area contributed by atoms with Crippen LogP contribution < -0.4 is 54.8 Å². The average molecular weight is 888 g/mol. The number of primary amides is 1. The Morgan fingerprint density at radius 3 is 1.86 bits per heavy atom. The molecule has 348 valence electrons. The van der Waals surface area contributed by atoms with Crippen molar-refractivity contribution < 1.29 is 53.7 Å². The van der Waals surface area contributed by atoms with Gasteiger partial charge in [-0.05, 0) is 37.7 Å². The fraction of sp³-hybridized carbons (Fsp3) is 0.538. The summed E-state index contributed by atoms with van der Waals surface area (Å²) in [6.07, 6.45) is 0.900. The van der Waals surface area contributed by atoms with E-state index in [2.05, 4.69) is 46.9 Å². The summed E-state index contributed by atoms with van der Waals surface area (Å²) in [5, 5.41) is 44.3. The maximum absolute atomic E-state index is 13.9. The summed E-state index contributed by atoms with van der Waals surface area (Å²) < 4.78 is 0. The molecular formula is C39H61N13O11. The van der Waals surface area contributed by atoms with Crippen molar-refractivity contribution >= 4 is 53.3 Å². The summed E-state index contributed by atoms with van der Waals surface area (Å²) in [5.74, 6) is -8.61. The summed E-state index contributed by atoms with van der Waals surface area (Å²) in [5.41, 5.74) is 23.1. The molecule has 1 aromatic carbocycles. The van der Waals surface area contributed by atoms with Crippen LogP contribution in [0.2, 0.25) is 0 Å². The fourth-order valence-corrected chi connectivity index (χ4v) is 5.97. The van der Waals surface area contributed by atoms with Crippen molar-refractivity contribution in [1.82, 2.24) is 41.9 Å². The number of carboxylic acids is 1. The minimum absolute atomic E-state index is 0.0530. The Balaban J connectivity index is 2.34. The third-order valence-corrected chi connectivity index (χ3v) is 9.80. The van der Waals surface area contributed by atoms with Gasteiger partial charge < -0.3 is 75.1 Å². The SMILES string of the molecule is CC[C@H](C)[C@H](NC(=O)[C@H](Cc1cnc[nH]1)NC(=O)[C@H](CCC(N)=O)NC(=O)[C@H](CO)NC(=O)[C@H](Cc1ccccc1)NC(=O)[C@@H](N)CCCN=C(N)N)C(=O)N[C@H](C(=O)O)[C@@H](C)O. The third-order valence-electron chi connectivity index (χ3n) is 9.80. The molecule has 0 spiro atoms. The molecule has 0 bridgehead atoms. The van der Waals surface area contributed by atoms with Crippen LogP contribution in [0.3, 0.4) is 0 Å². The third kappa shape index (κ3) is 18.5. The van der Waals surface area contributed by atoms with Crippen molar-refractivity contribution in [2.45, 2.75) is 114 Å². The van der Waals surface area contributed by atoms with Crippen LogP contribution in [-0.4, -0.2) is 140 Å². The zero-order valence-corrected chi connectivity index (χ0v) is 35.4. The van der Waals surface area contributed by atoms with Gasteiger partial charge in [-0.1, -0.05) is 50.6 Å². The van der Waals surface area contributed by atoms with E-state index in [1.807, 2.05) is 0 Å². The average Bonchev–Trinajstić information content (AvgIpc) is 3.75. The first-order valence-electron chi connectivity index (χ1n) is 20.2. The van der Waals surface area contributed by atoms with Crippen molar-refractivity contribution in [3.05, 3.63) is 54.1 Å². The number of carbonyl (C=O) groups is 8. The number of aromatic nitrogens is 2. The normalized spacial score (nSPS) is 15.3. The van der Waals surface area contributed by atoms with Gasteiger partial charge in [0, 0.05) is 37.7 Å². The zero-order chi connectivity index (χ0) is 47.2. The number of aromatic amines is 1. The Hall–Kier alpha value is -6.66. The van der Waals surface area contributed by atoms with Crippen LogP contribution in [0, 0.1) is 5.92 Å². The van der Waals surface area contributed by atoms with E-state index in [-0.39, 0.29) is 31.8 Å². The number of nitrogens with two attached hydrogens (primary N) is 4. The Morgan fingerprint density at radius 2 is 1.30 bits per heavy atom. The highest BCUT2D eigenvalue weighted by Gasteiger charge is 2.36. The van der Waals surface area contributed by atoms with Crippen molar-refractivity contribution in [2.24, 2.45) is 33.8 Å². The second kappa shape index (κ2) is 26.6. The number of amides is 7. The number of imidazole rings is 1. The van der Waals surface area contributed by atoms with Gasteiger partial charge in [-0.3, -0.25) is 38.6 Å². The predicted molar refractivity (Wildman–Crippen MR) is 226 cm³/mol. The molecule has 0 aliphatic carbocycles. The molecule has 0 saturated carbocycles. The molecule has 24 nitrogen and oxygen atoms in total. The first-order valence-corrected chi connectivity index (χ1v) is 20.2. The minimum atomic E-state index is -1.71. The number of nitrogens with one attached hydrogen (secondary N) is 7. The molecule has 63 heavy (non-hydrogen) atoms. The largest absolute Gasteiger partial charge is 0.480 e. The lowest BCUT2D eigenvalue weighted by molar-refractivity contribution is -0.145. The smallest absolute Gasteiger partial charge is 0.328 e. The number of nitrogens with zero attached hydrogens (tertiary/aromatic N) is 2. The molecule has 24 heteroatoms. The summed E-state index contributed by atoms with van der Waals surface area (Å²) >= 11 is 0. The second-order valence-corrected chi connectivity index (χ2v) is 14.9. The monoisotopic (exact) mass is 887 g/mol. The summed E-state index contributed by atoms with van der Waals surface area (Å²) in [7, 11) is 0. The molecule has 0 fully saturated rings. The van der Waals surface area contributed by atoms with Crippen molar-refractivity contribution in [1.29, 1.82) is 0 Å². The van der Waals surface area contributed by atoms with Gasteiger partial charge in [0.25, 0.3) is 0 Å². The van der Waals surface area contributed by atoms with Crippen LogP contribution in [0.4, 0.5) is 0 Å². The van der Waals surface area contributed by atoms with Crippen molar-refractivity contribution in [2.75, 3.05) is 13.2 Å². The number of aliphatic hydroxyl groups excluding tert-OH is 2. The molecule has 2 rings (SSSR count). The highest BCUT2D eigenvalue weighted by atomic mass is 16.4. The highest BCUT2D eigenvalue weighted by Crippen LogP contribution is 2.12. The number of carbonyl (C=O) groups excluding carboxylic acids is 7. The second-order valence-electron chi connectivity index (χ2n) is 14.9. The first kappa shape index (κ1) is 52.5. The molecular weight excluding hydrogens is 827 g/mol. The van der Waals surface area contributed by atoms with E-state index >= 15 is 0 Å². The van der Waals surface area contributed by atoms with Crippen molar-refractivity contribution in [3.63, 3.8) is 0 Å². The molecule has 0 radical (unpaired) electrons. The van der Waals surface area contributed by atoms with Crippen LogP contribution in [0.25, 0.3) is 0 Å². The number of hydrogen-bond acceptors (Lipinski definition) is 13. The van der Waals surface area contributed by atoms with E-state index < -0.39 is 121 Å². The summed E-state index contributed by atoms with van der Waals surface area (Å²) in [4.78, 5) is 116. The van der Waals surface area contributed by atoms with Crippen LogP contribution in [0.1, 0.15) is 64.1 Å². The van der Waals surface area contributed by atoms with E-state index in [0.29, 0.717) is 24.1 Å². The molecule has 1 heterocycles. The van der Waals surface area contributed by atoms with Crippen molar-refractivity contribution in [3.8, 4) is 0 Å². The van der Waals surface area contributed by atoms with Crippen LogP contribution in [0.5, 0.6) is 0 Å². The molecule has 0 aliphatic rings. The van der Waals surface area contributed by atoms with E-state index in [1.165, 1.54) is 12.5 Å². The topological polar surface area (TPSA) is 415 Å². The molecule has 18 N–H and O–H groups in total. The fourth-order valence-electron chi connectivity index (χ4n) is 5.97. The lowest BCUT2D eigenvalue weighted by Gasteiger charge is -2.29. The minimum Gasteiger partial charge on any atom is -0.480 e. The van der Waals surface area contributed by atoms with E-state index in [9.17, 15) is 53.7 Å². The van der Waals surface area contributed by atoms with Crippen LogP contribution >= 0.6 is 0 Å². The molecule has 2 aromatic rings. The lowest BCUT2D eigenvalue weighted by Crippen LogP contribution is -2.61. The summed E-state index contributed by atoms with van der Waals surface area (Å²) in [6, 6.07) is -1.63. The number of aliphatic hydroxyl groups is 2. The number of aliphatic imine (C=N–C) groups is 1. The van der Waals surface area contributed by atoms with Gasteiger partial charge in [0.15, 0.2) is 12.0 Å². The van der Waals surface area contributed by atoms with E-state index in [0.717, 1.165) is 6.92 Å². The van der Waals surface area contributed by atoms with E-state index in [1.54, 1.807) is 44.2 Å². The maximum Gasteiger partial charge on any atom is 0.328 e. The Bertz CT molecular complexity index is 1860. The van der Waals surface area contributed by atoms with Gasteiger partial charge in [-0.15, -0.1) is 0 Å². The zero-order valence-electron chi connectivity index (χ0n) is 35.4. The Kier molecular flexibility index (Phi) is 22.2. The standard InChI is InChI=1S/C39H61N13O11/c1-4-20(2)30(37(61)52-31(21(3)54)38(62)63)51-35(59)27(16-23-17-44-19-46-23)49-33(57)25(12-13-29(41)55)47-36(60)28(18-53)50-34(58)26(15-22-9-6-5-7-10-22)48-32(56)24(40)11-8-14-45-39(42)43/h5-7,9-10,17,19-21,24-28,30-31,53-54H,4,8,11-16,18,40H2,1-3H3,(H2,41,55)(H,44,46)(H,47,60)(H,48,56)(H,49,57)(H,50,58)(H,51,59)(H,52,61)(H,62,63)(H4,42,43,45)/t20-,21+,24-,25-,26-,27-,28-,30-,31-/m0/s1. The quantitative estimate of drug-likeness (QED) is 0.0217. The van der Waals surface area contributed by atoms with Crippen LogP contribution in [0.15, 0.2) is 47.8 Å². The number of H-pyrrole nitrogens is 1. The van der Waals surface area contributed by atoms with Gasteiger partial charge >= 0.3 is 5.97 Å². The van der Waals surface area contributed by atoms with Gasteiger partial charge in [0.05, 0.1) is 25.1 Å². The van der Waals surface area contributed by atoms with Gasteiger partial charge in [0.2, 0.25) is 41.4 Å². The van der Waals surface area contributed by atoms with Gasteiger partial charge in [-0.25, -0.2) is 9.78 Å². The molecule has 9 atom stereocenters. The number of benzene rings is 1. The lowest BCUT2D eigenvalue weighted by atomic mass is 9.96. The number of carboxylic acid groups (broad SMARTS) is 1. The molecule has 7 amide bonds.